The molecule has 0 aliphatic heterocycles. The van der Waals surface area contributed by atoms with Gasteiger partial charge in [-0.1, -0.05) is 13.8 Å². The second-order valence-corrected chi connectivity index (χ2v) is 7.17. The Bertz CT molecular complexity index is 276. The molecule has 0 aliphatic carbocycles. The minimum atomic E-state index is 0.216. The first kappa shape index (κ1) is 32.1. The fraction of sp³-hybridized carbons (Fsp3) is 0.889. The number of aliphatic imine (C=N–C) groups is 2. The van der Waals surface area contributed by atoms with Crippen molar-refractivity contribution in [1.82, 2.24) is 10.6 Å². The molecule has 0 unspecified atom stereocenters. The van der Waals surface area contributed by atoms with Crippen LogP contribution in [-0.4, -0.2) is 57.5 Å². The predicted molar refractivity (Wildman–Crippen MR) is 110 cm³/mol. The number of nitrogens with zero attached hydrogens (tertiary/aromatic N) is 4. The van der Waals surface area contributed by atoms with E-state index in [1.165, 1.54) is 0 Å². The largest absolute Gasteiger partial charge is 0.668 e. The Labute approximate surface area is 169 Å². The van der Waals surface area contributed by atoms with Crippen molar-refractivity contribution >= 4 is 12.7 Å². The third kappa shape index (κ3) is 69.6. The van der Waals surface area contributed by atoms with Crippen LogP contribution in [0.1, 0.15) is 62.3 Å². The van der Waals surface area contributed by atoms with Crippen molar-refractivity contribution in [3.63, 3.8) is 0 Å². The van der Waals surface area contributed by atoms with Gasteiger partial charge in [-0.25, -0.2) is 0 Å². The summed E-state index contributed by atoms with van der Waals surface area (Å²) >= 11 is 1.15. The van der Waals surface area contributed by atoms with Crippen molar-refractivity contribution in [2.24, 2.45) is 13.3 Å². The Hall–Kier alpha value is -0.560. The van der Waals surface area contributed by atoms with Gasteiger partial charge in [0.1, 0.15) is 0 Å². The smallest absolute Gasteiger partial charge is 0.00714 e. The molecule has 151 valence electrons. The van der Waals surface area contributed by atoms with E-state index in [2.05, 4.69) is 62.7 Å². The minimum Gasteiger partial charge on any atom is -0.668 e. The molecular weight excluding hydrogens is 481 g/mol. The van der Waals surface area contributed by atoms with Crippen LogP contribution in [0.4, 0.5) is 0 Å². The average molecular weight is 523 g/mol. The van der Waals surface area contributed by atoms with Crippen molar-refractivity contribution < 1.29 is 20.9 Å². The number of hydrogen-bond donors (Lipinski definition) is 2. The van der Waals surface area contributed by atoms with Crippen LogP contribution in [0.25, 0.3) is 5.32 Å². The monoisotopic (exact) mass is 522 g/mol. The molecule has 0 aromatic rings. The van der Waals surface area contributed by atoms with E-state index in [0.29, 0.717) is 12.1 Å². The van der Waals surface area contributed by atoms with Crippen LogP contribution in [0.15, 0.2) is 13.3 Å². The van der Waals surface area contributed by atoms with Gasteiger partial charge in [-0.2, -0.15) is 14.1 Å². The summed E-state index contributed by atoms with van der Waals surface area (Å²) in [7, 11) is 3.50. The summed E-state index contributed by atoms with van der Waals surface area (Å²) in [6.45, 7) is 20.2. The molecule has 6 nitrogen and oxygen atoms in total. The predicted octanol–water partition coefficient (Wildman–Crippen LogP) is 3.95. The van der Waals surface area contributed by atoms with Gasteiger partial charge in [-0.3, -0.25) is 0 Å². The third-order valence-corrected chi connectivity index (χ3v) is 3.61. The first-order chi connectivity index (χ1) is 11.5. The molecule has 0 spiro atoms. The molecule has 0 heterocycles. The van der Waals surface area contributed by atoms with Gasteiger partial charge in [0.15, 0.2) is 0 Å². The number of rotatable bonds is 6. The standard InChI is InChI=1S/2C6H13N2.C4H9N.C2H6N.Ta/c2*1-4-7-5-8-6(2)3;1-4(2,3)5;1-3-2;/h2*6H,4H2,1-3H3,(H,7,8);1-3H3;1-2H3;/q2*-1;;-1;. The maximum absolute atomic E-state index is 4.13. The molecule has 2 N–H and O–H groups in total. The van der Waals surface area contributed by atoms with E-state index < -0.39 is 0 Å². The summed E-state index contributed by atoms with van der Waals surface area (Å²) in [5.74, 6) is 0. The molecular formula is C18H41N6Ta-3. The third-order valence-electron chi connectivity index (χ3n) is 1.46. The van der Waals surface area contributed by atoms with Gasteiger partial charge in [-0.05, 0) is 40.8 Å². The van der Waals surface area contributed by atoms with Crippen molar-refractivity contribution in [3.05, 3.63) is 5.32 Å². The zero-order chi connectivity index (χ0) is 20.7. The van der Waals surface area contributed by atoms with E-state index in [0.717, 1.165) is 34.0 Å². The van der Waals surface area contributed by atoms with E-state index >= 15 is 0 Å². The fourth-order valence-electron chi connectivity index (χ4n) is 0.508. The summed E-state index contributed by atoms with van der Waals surface area (Å²) in [6, 6.07) is 0.711. The van der Waals surface area contributed by atoms with Crippen LogP contribution in [0.5, 0.6) is 0 Å². The van der Waals surface area contributed by atoms with Gasteiger partial charge in [0, 0.05) is 12.1 Å². The van der Waals surface area contributed by atoms with Crippen LogP contribution in [0.3, 0.4) is 0 Å². The zero-order valence-corrected chi connectivity index (χ0v) is 21.5. The van der Waals surface area contributed by atoms with Crippen LogP contribution < -0.4 is 10.6 Å². The van der Waals surface area contributed by atoms with Crippen LogP contribution in [0, 0.1) is 0 Å². The van der Waals surface area contributed by atoms with E-state index in [9.17, 15) is 0 Å². The molecule has 0 aromatic carbocycles. The first-order valence-corrected chi connectivity index (χ1v) is 10.1. The average Bonchev–Trinajstić information content (AvgIpc) is 2.48. The van der Waals surface area contributed by atoms with Gasteiger partial charge in [0.2, 0.25) is 0 Å². The Kier molecular flexibility index (Phi) is 33.0. The minimum absolute atomic E-state index is 0.216. The van der Waals surface area contributed by atoms with Gasteiger partial charge in [0.05, 0.1) is 0 Å². The number of hydrogen-bond acceptors (Lipinski definition) is 3. The maximum atomic E-state index is 4.13. The molecule has 0 bridgehead atoms. The van der Waals surface area contributed by atoms with Crippen molar-refractivity contribution in [2.45, 2.75) is 79.9 Å². The van der Waals surface area contributed by atoms with Crippen molar-refractivity contribution in [3.8, 4) is 0 Å². The Balaban J connectivity index is -0.000000124. The van der Waals surface area contributed by atoms with E-state index in [1.54, 1.807) is 14.1 Å². The van der Waals surface area contributed by atoms with Gasteiger partial charge in [-0.15, -0.1) is 0 Å². The topological polar surface area (TPSA) is 75.2 Å². The summed E-state index contributed by atoms with van der Waals surface area (Å²) in [6.07, 6.45) is 5.42. The first-order valence-electron chi connectivity index (χ1n) is 8.71. The molecule has 7 heteroatoms. The van der Waals surface area contributed by atoms with Crippen molar-refractivity contribution in [2.75, 3.05) is 27.2 Å². The van der Waals surface area contributed by atoms with Crippen LogP contribution in [-0.2, 0) is 20.9 Å². The normalized spacial score (nSPS) is 10.4. The quantitative estimate of drug-likeness (QED) is 0.240. The Morgan fingerprint density at radius 3 is 1.24 bits per heavy atom. The van der Waals surface area contributed by atoms with Gasteiger partial charge < -0.3 is 38.6 Å². The van der Waals surface area contributed by atoms with E-state index in [1.807, 2.05) is 41.5 Å². The molecule has 25 heavy (non-hydrogen) atoms. The molecule has 0 saturated heterocycles. The second kappa shape index (κ2) is 25.7. The van der Waals surface area contributed by atoms with Crippen LogP contribution in [0.2, 0.25) is 0 Å². The molecule has 0 atom stereocenters. The van der Waals surface area contributed by atoms with Crippen LogP contribution >= 0.6 is 0 Å². The molecule has 0 fully saturated rings. The van der Waals surface area contributed by atoms with E-state index in [-0.39, 0.29) is 5.54 Å². The molecule has 0 amide bonds. The molecule has 0 aromatic heterocycles. The van der Waals surface area contributed by atoms with Gasteiger partial charge >= 0.3 is 50.5 Å². The summed E-state index contributed by atoms with van der Waals surface area (Å²) in [5.41, 5.74) is 0.216. The summed E-state index contributed by atoms with van der Waals surface area (Å²) in [5, 5.41) is 9.23. The molecule has 0 aliphatic rings. The molecule has 0 saturated carbocycles. The molecule has 0 rings (SSSR count). The fourth-order valence-corrected chi connectivity index (χ4v) is 0.508. The zero-order valence-electron chi connectivity index (χ0n) is 18.3. The van der Waals surface area contributed by atoms with Crippen molar-refractivity contribution in [1.29, 1.82) is 0 Å². The number of nitrogens with one attached hydrogen (secondary N) is 2. The van der Waals surface area contributed by atoms with Gasteiger partial charge in [0.25, 0.3) is 0 Å². The summed E-state index contributed by atoms with van der Waals surface area (Å²) in [4.78, 5) is 7.91. The second-order valence-electron chi connectivity index (χ2n) is 6.45. The van der Waals surface area contributed by atoms with E-state index in [4.69, 9.17) is 0 Å². The summed E-state index contributed by atoms with van der Waals surface area (Å²) < 4.78 is 4.13. The Morgan fingerprint density at radius 1 is 0.880 bits per heavy atom. The molecule has 0 radical (unpaired) electrons. The maximum Gasteiger partial charge on any atom is 0.00714 e. The SMILES string of the molecule is CC(C)(C)[N]=[Ta].CCN[C-]=NC(C)C.CCN[C-]=NC(C)C.C[N-]C. The Morgan fingerprint density at radius 2 is 1.12 bits per heavy atom.